The average Bonchev–Trinajstić information content (AvgIpc) is 2.45. The van der Waals surface area contributed by atoms with Gasteiger partial charge in [0.1, 0.15) is 0 Å². The van der Waals surface area contributed by atoms with Gasteiger partial charge in [-0.2, -0.15) is 0 Å². The molecule has 0 bridgehead atoms. The molecule has 2 nitrogen and oxygen atoms in total. The highest BCUT2D eigenvalue weighted by Gasteiger charge is 2.31. The molecule has 1 rings (SSSR count). The predicted molar refractivity (Wildman–Crippen MR) is 94.6 cm³/mol. The Morgan fingerprint density at radius 3 is 2.05 bits per heavy atom. The maximum absolute atomic E-state index is 6.01. The molecule has 1 aliphatic heterocycles. The zero-order chi connectivity index (χ0) is 15.9. The molecule has 0 aromatic rings. The van der Waals surface area contributed by atoms with Crippen LogP contribution in [0.15, 0.2) is 0 Å². The van der Waals surface area contributed by atoms with Gasteiger partial charge in [0.15, 0.2) is 0 Å². The molecule has 2 N–H and O–H groups in total. The van der Waals surface area contributed by atoms with E-state index >= 15 is 0 Å². The Balaban J connectivity index is 2.70. The fourth-order valence-corrected chi connectivity index (χ4v) is 3.73. The van der Waals surface area contributed by atoms with E-state index in [1.165, 1.54) is 64.5 Å². The van der Waals surface area contributed by atoms with Crippen molar-refractivity contribution in [1.82, 2.24) is 4.90 Å². The number of hydrogen-bond acceptors (Lipinski definition) is 2. The number of hydrogen-bond donors (Lipinski definition) is 1. The minimum absolute atomic E-state index is 0.267. The van der Waals surface area contributed by atoms with Gasteiger partial charge in [-0.05, 0) is 62.6 Å². The van der Waals surface area contributed by atoms with E-state index in [9.17, 15) is 0 Å². The van der Waals surface area contributed by atoms with Gasteiger partial charge in [0.05, 0.1) is 0 Å². The molecule has 1 saturated heterocycles. The van der Waals surface area contributed by atoms with Gasteiger partial charge in [-0.3, -0.25) is 0 Å². The van der Waals surface area contributed by atoms with E-state index in [1.54, 1.807) is 0 Å². The maximum Gasteiger partial charge on any atom is 0.0106 e. The molecule has 1 aliphatic rings. The standard InChI is InChI=1S/C19H40N2/c1-6-7-11-18(2,3)14-17(15-19(4,5)16-20)21-12-9-8-10-13-21/h17H,6-16,20H2,1-5H3. The Morgan fingerprint density at radius 1 is 0.952 bits per heavy atom. The second-order valence-electron chi connectivity index (χ2n) is 8.79. The second-order valence-corrected chi connectivity index (χ2v) is 8.79. The Bertz CT molecular complexity index is 277. The number of piperidine rings is 1. The van der Waals surface area contributed by atoms with Crippen molar-refractivity contribution < 1.29 is 0 Å². The van der Waals surface area contributed by atoms with Crippen molar-refractivity contribution in [2.75, 3.05) is 19.6 Å². The third-order valence-electron chi connectivity index (χ3n) is 5.24. The summed E-state index contributed by atoms with van der Waals surface area (Å²) in [6, 6.07) is 0.718. The van der Waals surface area contributed by atoms with Crippen LogP contribution >= 0.6 is 0 Å². The quantitative estimate of drug-likeness (QED) is 0.661. The normalized spacial score (nSPS) is 19.7. The summed E-state index contributed by atoms with van der Waals surface area (Å²) in [7, 11) is 0. The van der Waals surface area contributed by atoms with Crippen LogP contribution in [0.25, 0.3) is 0 Å². The van der Waals surface area contributed by atoms with Crippen molar-refractivity contribution in [3.8, 4) is 0 Å². The lowest BCUT2D eigenvalue weighted by Crippen LogP contribution is -2.45. The molecule has 126 valence electrons. The molecule has 2 heteroatoms. The Morgan fingerprint density at radius 2 is 1.52 bits per heavy atom. The van der Waals surface area contributed by atoms with Crippen LogP contribution in [0, 0.1) is 10.8 Å². The molecule has 1 unspecified atom stereocenters. The van der Waals surface area contributed by atoms with E-state index in [0.717, 1.165) is 12.6 Å². The minimum atomic E-state index is 0.267. The van der Waals surface area contributed by atoms with Crippen LogP contribution in [-0.2, 0) is 0 Å². The van der Waals surface area contributed by atoms with E-state index in [2.05, 4.69) is 39.5 Å². The molecular formula is C19H40N2. The summed E-state index contributed by atoms with van der Waals surface area (Å²) in [6.07, 6.45) is 10.8. The molecule has 1 atom stereocenters. The summed E-state index contributed by atoms with van der Waals surface area (Å²) in [5.41, 5.74) is 6.74. The molecule has 0 radical (unpaired) electrons. The van der Waals surface area contributed by atoms with Crippen LogP contribution in [0.2, 0.25) is 0 Å². The van der Waals surface area contributed by atoms with E-state index in [1.807, 2.05) is 0 Å². The van der Waals surface area contributed by atoms with Crippen molar-refractivity contribution >= 4 is 0 Å². The van der Waals surface area contributed by atoms with Gasteiger partial charge >= 0.3 is 0 Å². The van der Waals surface area contributed by atoms with Crippen molar-refractivity contribution in [3.63, 3.8) is 0 Å². The second kappa shape index (κ2) is 8.53. The van der Waals surface area contributed by atoms with Crippen LogP contribution in [0.5, 0.6) is 0 Å². The fraction of sp³-hybridized carbons (Fsp3) is 1.00. The third-order valence-corrected chi connectivity index (χ3v) is 5.24. The smallest absolute Gasteiger partial charge is 0.0106 e. The van der Waals surface area contributed by atoms with E-state index in [0.29, 0.717) is 5.41 Å². The first kappa shape index (κ1) is 19.0. The lowest BCUT2D eigenvalue weighted by molar-refractivity contribution is 0.0816. The summed E-state index contributed by atoms with van der Waals surface area (Å²) in [4.78, 5) is 2.77. The zero-order valence-electron chi connectivity index (χ0n) is 15.4. The molecule has 0 spiro atoms. The monoisotopic (exact) mass is 296 g/mol. The Labute approximate surface area is 133 Å². The molecule has 0 aromatic heterocycles. The lowest BCUT2D eigenvalue weighted by atomic mass is 9.75. The van der Waals surface area contributed by atoms with Crippen LogP contribution in [0.4, 0.5) is 0 Å². The highest BCUT2D eigenvalue weighted by molar-refractivity contribution is 4.86. The number of nitrogens with zero attached hydrogens (tertiary/aromatic N) is 1. The molecule has 1 heterocycles. The fourth-order valence-electron chi connectivity index (χ4n) is 3.73. The van der Waals surface area contributed by atoms with Gasteiger partial charge in [-0.1, -0.05) is 53.9 Å². The number of unbranched alkanes of at least 4 members (excludes halogenated alkanes) is 1. The molecule has 1 fully saturated rings. The van der Waals surface area contributed by atoms with Crippen molar-refractivity contribution in [1.29, 1.82) is 0 Å². The van der Waals surface area contributed by atoms with Crippen LogP contribution in [0.1, 0.15) is 86.0 Å². The first-order chi connectivity index (χ1) is 9.79. The third kappa shape index (κ3) is 7.15. The lowest BCUT2D eigenvalue weighted by Gasteiger charge is -2.42. The van der Waals surface area contributed by atoms with Gasteiger partial charge in [0.25, 0.3) is 0 Å². The van der Waals surface area contributed by atoms with Crippen molar-refractivity contribution in [2.24, 2.45) is 16.6 Å². The number of rotatable bonds is 9. The summed E-state index contributed by atoms with van der Waals surface area (Å²) >= 11 is 0. The molecule has 0 saturated carbocycles. The molecule has 0 aliphatic carbocycles. The molecule has 0 aromatic carbocycles. The molecule has 0 amide bonds. The first-order valence-electron chi connectivity index (χ1n) is 9.24. The summed E-state index contributed by atoms with van der Waals surface area (Å²) in [5.74, 6) is 0. The van der Waals surface area contributed by atoms with Crippen LogP contribution in [0.3, 0.4) is 0 Å². The summed E-state index contributed by atoms with van der Waals surface area (Å²) < 4.78 is 0. The Hall–Kier alpha value is -0.0800. The largest absolute Gasteiger partial charge is 0.330 e. The topological polar surface area (TPSA) is 29.3 Å². The predicted octanol–water partition coefficient (Wildman–Crippen LogP) is 4.82. The first-order valence-corrected chi connectivity index (χ1v) is 9.24. The van der Waals surface area contributed by atoms with E-state index < -0.39 is 0 Å². The van der Waals surface area contributed by atoms with Gasteiger partial charge in [-0.15, -0.1) is 0 Å². The van der Waals surface area contributed by atoms with Crippen LogP contribution in [-0.4, -0.2) is 30.6 Å². The number of nitrogens with two attached hydrogens (primary N) is 1. The van der Waals surface area contributed by atoms with E-state index in [-0.39, 0.29) is 5.41 Å². The summed E-state index contributed by atoms with van der Waals surface area (Å²) in [5, 5.41) is 0. The van der Waals surface area contributed by atoms with Gasteiger partial charge in [0.2, 0.25) is 0 Å². The zero-order valence-corrected chi connectivity index (χ0v) is 15.4. The van der Waals surface area contributed by atoms with Gasteiger partial charge < -0.3 is 10.6 Å². The maximum atomic E-state index is 6.01. The molecule has 21 heavy (non-hydrogen) atoms. The van der Waals surface area contributed by atoms with Crippen molar-refractivity contribution in [2.45, 2.75) is 92.0 Å². The summed E-state index contributed by atoms with van der Waals surface area (Å²) in [6.45, 7) is 15.3. The number of likely N-dealkylation sites (tertiary alicyclic amines) is 1. The van der Waals surface area contributed by atoms with Gasteiger partial charge in [-0.25, -0.2) is 0 Å². The van der Waals surface area contributed by atoms with Crippen LogP contribution < -0.4 is 5.73 Å². The SMILES string of the molecule is CCCCC(C)(C)CC(CC(C)(C)CN)N1CCCCC1. The molecular weight excluding hydrogens is 256 g/mol. The highest BCUT2D eigenvalue weighted by atomic mass is 15.2. The highest BCUT2D eigenvalue weighted by Crippen LogP contribution is 2.36. The Kier molecular flexibility index (Phi) is 7.70. The van der Waals surface area contributed by atoms with Gasteiger partial charge in [0, 0.05) is 6.04 Å². The minimum Gasteiger partial charge on any atom is -0.330 e. The average molecular weight is 297 g/mol. The van der Waals surface area contributed by atoms with Crippen molar-refractivity contribution in [3.05, 3.63) is 0 Å². The van der Waals surface area contributed by atoms with E-state index in [4.69, 9.17) is 5.73 Å².